The Hall–Kier alpha value is -3.31. The number of alkyl halides is 2. The van der Waals surface area contributed by atoms with Crippen LogP contribution in [0.4, 0.5) is 17.6 Å². The van der Waals surface area contributed by atoms with E-state index >= 15 is 0 Å². The average Bonchev–Trinajstić information content (AvgIpc) is 3.24. The Morgan fingerprint density at radius 3 is 2.37 bits per heavy atom. The summed E-state index contributed by atoms with van der Waals surface area (Å²) in [6.07, 6.45) is -4.47. The first-order valence-electron chi connectivity index (χ1n) is 12.3. The first-order chi connectivity index (χ1) is 17.8. The largest absolute Gasteiger partial charge is 0.384 e. The molecular weight excluding hydrogens is 502 g/mol. The maximum absolute atomic E-state index is 14.7. The van der Waals surface area contributed by atoms with E-state index in [0.717, 1.165) is 23.8 Å². The van der Waals surface area contributed by atoms with Gasteiger partial charge in [-0.15, -0.1) is 0 Å². The molecule has 3 atom stereocenters. The van der Waals surface area contributed by atoms with Crippen molar-refractivity contribution < 1.29 is 27.5 Å². The quantitative estimate of drug-likeness (QED) is 0.371. The lowest BCUT2D eigenvalue weighted by Crippen LogP contribution is -2.48. The summed E-state index contributed by atoms with van der Waals surface area (Å²) >= 11 is 0. The van der Waals surface area contributed by atoms with Crippen LogP contribution in [-0.2, 0) is 11.3 Å². The van der Waals surface area contributed by atoms with Crippen molar-refractivity contribution >= 4 is 5.91 Å². The van der Waals surface area contributed by atoms with Gasteiger partial charge in [-0.05, 0) is 42.5 Å². The summed E-state index contributed by atoms with van der Waals surface area (Å²) in [4.78, 5) is 19.0. The minimum atomic E-state index is -2.80. The zero-order chi connectivity index (χ0) is 28.2. The molecule has 38 heavy (non-hydrogen) atoms. The molecule has 0 aliphatic rings. The Kier molecular flexibility index (Phi) is 9.26. The molecule has 1 amide bonds. The number of nitrogens with zero attached hydrogens (tertiary/aromatic N) is 4. The van der Waals surface area contributed by atoms with Crippen molar-refractivity contribution in [3.63, 3.8) is 0 Å². The van der Waals surface area contributed by atoms with Crippen molar-refractivity contribution in [3.8, 4) is 11.4 Å². The van der Waals surface area contributed by atoms with Gasteiger partial charge in [0.25, 0.3) is 12.3 Å². The second kappa shape index (κ2) is 12.0. The summed E-state index contributed by atoms with van der Waals surface area (Å²) in [5.74, 6) is -2.00. The second-order valence-corrected chi connectivity index (χ2v) is 10.3. The van der Waals surface area contributed by atoms with E-state index in [1.165, 1.54) is 16.5 Å². The van der Waals surface area contributed by atoms with Crippen LogP contribution in [0.5, 0.6) is 0 Å². The topological polar surface area (TPSA) is 97.3 Å². The summed E-state index contributed by atoms with van der Waals surface area (Å²) in [5, 5.41) is 14.7. The third-order valence-electron chi connectivity index (χ3n) is 6.09. The van der Waals surface area contributed by atoms with Gasteiger partial charge in [-0.3, -0.25) is 4.79 Å². The highest BCUT2D eigenvalue weighted by atomic mass is 19.3. The molecule has 7 nitrogen and oxygen atoms in total. The van der Waals surface area contributed by atoms with E-state index in [1.54, 1.807) is 0 Å². The molecule has 2 aromatic carbocycles. The highest BCUT2D eigenvalue weighted by Gasteiger charge is 2.40. The molecule has 0 saturated carbocycles. The van der Waals surface area contributed by atoms with Crippen molar-refractivity contribution in [2.75, 3.05) is 6.54 Å². The van der Waals surface area contributed by atoms with Crippen LogP contribution in [0.1, 0.15) is 51.5 Å². The fourth-order valence-corrected chi connectivity index (χ4v) is 4.23. The van der Waals surface area contributed by atoms with Gasteiger partial charge in [0, 0.05) is 6.54 Å². The third-order valence-corrected chi connectivity index (χ3v) is 6.09. The normalized spacial score (nSPS) is 14.4. The zero-order valence-electron chi connectivity index (χ0n) is 21.8. The van der Waals surface area contributed by atoms with Crippen LogP contribution in [0.3, 0.4) is 0 Å². The summed E-state index contributed by atoms with van der Waals surface area (Å²) in [7, 11) is 0. The Morgan fingerprint density at radius 1 is 1.13 bits per heavy atom. The van der Waals surface area contributed by atoms with E-state index < -0.39 is 47.6 Å². The number of aliphatic hydroxyl groups is 1. The number of amides is 1. The van der Waals surface area contributed by atoms with Gasteiger partial charge in [-0.25, -0.2) is 27.2 Å². The Morgan fingerprint density at radius 2 is 1.79 bits per heavy atom. The highest BCUT2D eigenvalue weighted by molar-refractivity contribution is 5.80. The molecule has 0 spiro atoms. The SMILES string of the molecule is C[C@H](O)C(=O)N(CC[C@@H](N)C(F)F)[C@@H](c1nc(-c2cc(F)ccc2F)nn1Cc1ccccc1)C(C)(C)C. The zero-order valence-corrected chi connectivity index (χ0v) is 21.8. The molecular formula is C27H33F4N5O2. The van der Waals surface area contributed by atoms with Crippen molar-refractivity contribution in [1.82, 2.24) is 19.7 Å². The molecule has 206 valence electrons. The summed E-state index contributed by atoms with van der Waals surface area (Å²) in [6, 6.07) is 9.74. The number of nitrogens with two attached hydrogens (primary N) is 1. The average molecular weight is 536 g/mol. The van der Waals surface area contributed by atoms with Crippen LogP contribution in [0.2, 0.25) is 0 Å². The minimum Gasteiger partial charge on any atom is -0.384 e. The molecule has 3 rings (SSSR count). The second-order valence-electron chi connectivity index (χ2n) is 10.3. The van der Waals surface area contributed by atoms with Crippen LogP contribution in [-0.4, -0.2) is 55.8 Å². The molecule has 0 aliphatic carbocycles. The summed E-state index contributed by atoms with van der Waals surface area (Å²) in [6.45, 7) is 6.72. The van der Waals surface area contributed by atoms with Crippen LogP contribution >= 0.6 is 0 Å². The number of benzene rings is 2. The number of halogens is 4. The van der Waals surface area contributed by atoms with Gasteiger partial charge in [0.05, 0.1) is 24.2 Å². The summed E-state index contributed by atoms with van der Waals surface area (Å²) in [5.41, 5.74) is 5.48. The lowest BCUT2D eigenvalue weighted by molar-refractivity contribution is -0.145. The molecule has 3 aromatic rings. The Labute approximate surface area is 219 Å². The van der Waals surface area contributed by atoms with E-state index in [9.17, 15) is 27.5 Å². The number of hydrogen-bond donors (Lipinski definition) is 2. The number of rotatable bonds is 10. The molecule has 0 fully saturated rings. The van der Waals surface area contributed by atoms with Crippen LogP contribution in [0.15, 0.2) is 48.5 Å². The van der Waals surface area contributed by atoms with Crippen molar-refractivity contribution in [3.05, 3.63) is 71.6 Å². The van der Waals surface area contributed by atoms with Crippen molar-refractivity contribution in [2.24, 2.45) is 11.1 Å². The minimum absolute atomic E-state index is 0.101. The van der Waals surface area contributed by atoms with E-state index in [4.69, 9.17) is 5.73 Å². The predicted octanol–water partition coefficient (Wildman–Crippen LogP) is 4.55. The molecule has 1 aromatic heterocycles. The van der Waals surface area contributed by atoms with Crippen molar-refractivity contribution in [1.29, 1.82) is 0 Å². The van der Waals surface area contributed by atoms with Gasteiger partial charge in [0.15, 0.2) is 11.6 Å². The first kappa shape index (κ1) is 29.2. The number of carbonyl (C=O) groups excluding carboxylic acids is 1. The molecule has 0 radical (unpaired) electrons. The fraction of sp³-hybridized carbons (Fsp3) is 0.444. The van der Waals surface area contributed by atoms with Crippen molar-refractivity contribution in [2.45, 2.75) is 65.3 Å². The van der Waals surface area contributed by atoms with E-state index in [-0.39, 0.29) is 36.7 Å². The van der Waals surface area contributed by atoms with Gasteiger partial charge in [0.2, 0.25) is 0 Å². The van der Waals surface area contributed by atoms with Gasteiger partial charge < -0.3 is 15.7 Å². The Balaban J connectivity index is 2.20. The monoisotopic (exact) mass is 535 g/mol. The van der Waals surface area contributed by atoms with Crippen LogP contribution < -0.4 is 5.73 Å². The predicted molar refractivity (Wildman–Crippen MR) is 135 cm³/mol. The molecule has 0 unspecified atom stereocenters. The number of carbonyl (C=O) groups is 1. The van der Waals surface area contributed by atoms with E-state index in [1.807, 2.05) is 51.1 Å². The van der Waals surface area contributed by atoms with Gasteiger partial charge >= 0.3 is 0 Å². The van der Waals surface area contributed by atoms with Gasteiger partial charge in [0.1, 0.15) is 17.7 Å². The maximum Gasteiger partial charge on any atom is 0.253 e. The lowest BCUT2D eigenvalue weighted by atomic mass is 9.84. The molecule has 0 aliphatic heterocycles. The first-order valence-corrected chi connectivity index (χ1v) is 12.3. The number of aliphatic hydroxyl groups excluding tert-OH is 1. The summed E-state index contributed by atoms with van der Waals surface area (Å²) < 4.78 is 56.6. The molecule has 0 saturated heterocycles. The Bertz CT molecular complexity index is 1230. The maximum atomic E-state index is 14.7. The highest BCUT2D eigenvalue weighted by Crippen LogP contribution is 2.39. The number of hydrogen-bond acceptors (Lipinski definition) is 5. The van der Waals surface area contributed by atoms with Gasteiger partial charge in [-0.1, -0.05) is 51.1 Å². The molecule has 3 N–H and O–H groups in total. The van der Waals surface area contributed by atoms with E-state index in [0.29, 0.717) is 0 Å². The molecule has 1 heterocycles. The van der Waals surface area contributed by atoms with Crippen LogP contribution in [0.25, 0.3) is 11.4 Å². The standard InChI is InChI=1S/C27H33F4N5O2/c1-16(37)26(38)35(13-12-21(32)23(30)31)22(27(2,3)4)25-33-24(19-14-18(28)10-11-20(19)29)34-36(25)15-17-8-6-5-7-9-17/h5-11,14,16,21-23,37H,12-13,15,32H2,1-4H3/t16-,21+,22-/m0/s1. The fourth-order valence-electron chi connectivity index (χ4n) is 4.23. The number of aromatic nitrogens is 3. The van der Waals surface area contributed by atoms with Gasteiger partial charge in [-0.2, -0.15) is 5.10 Å². The van der Waals surface area contributed by atoms with Crippen LogP contribution in [0, 0.1) is 17.0 Å². The third kappa shape index (κ3) is 6.96. The lowest BCUT2D eigenvalue weighted by Gasteiger charge is -2.40. The smallest absolute Gasteiger partial charge is 0.253 e. The van der Waals surface area contributed by atoms with E-state index in [2.05, 4.69) is 10.1 Å². The molecule has 0 bridgehead atoms. The molecule has 11 heteroatoms.